The summed E-state index contributed by atoms with van der Waals surface area (Å²) in [6, 6.07) is 0. The minimum atomic E-state index is 0. The van der Waals surface area contributed by atoms with E-state index in [0.29, 0.717) is 6.10 Å². The quantitative estimate of drug-likeness (QED) is 0.438. The number of quaternary nitrogens is 1. The molecule has 2 atom stereocenters. The highest BCUT2D eigenvalue weighted by Gasteiger charge is 2.26. The van der Waals surface area contributed by atoms with Crippen LogP contribution in [0.3, 0.4) is 0 Å². The van der Waals surface area contributed by atoms with Crippen molar-refractivity contribution in [3.8, 4) is 0 Å². The molecule has 14 heavy (non-hydrogen) atoms. The first-order valence-corrected chi connectivity index (χ1v) is 5.05. The normalized spacial score (nSPS) is 28.3. The van der Waals surface area contributed by atoms with Gasteiger partial charge >= 0.3 is 0 Å². The van der Waals surface area contributed by atoms with Crippen LogP contribution in [0.4, 0.5) is 0 Å². The Balaban J connectivity index is 0.00000169. The fraction of sp³-hybridized carbons (Fsp3) is 1.00. The van der Waals surface area contributed by atoms with Gasteiger partial charge in [0.1, 0.15) is 12.6 Å². The topological polar surface area (TPSA) is 18.5 Å². The summed E-state index contributed by atoms with van der Waals surface area (Å²) in [6.07, 6.45) is 1.64. The number of ether oxygens (including phenoxy) is 2. The van der Waals surface area contributed by atoms with Gasteiger partial charge in [0.25, 0.3) is 0 Å². The molecule has 0 aromatic heterocycles. The molecule has 1 fully saturated rings. The molecule has 1 heterocycles. The molecule has 0 radical (unpaired) electrons. The first-order chi connectivity index (χ1) is 6.01. The van der Waals surface area contributed by atoms with Crippen molar-refractivity contribution in [1.29, 1.82) is 0 Å². The minimum absolute atomic E-state index is 0. The molecule has 1 saturated heterocycles. The summed E-state index contributed by atoms with van der Waals surface area (Å²) in [7, 11) is 6.54. The Morgan fingerprint density at radius 2 is 1.71 bits per heavy atom. The van der Waals surface area contributed by atoms with E-state index in [1.54, 1.807) is 0 Å². The van der Waals surface area contributed by atoms with Gasteiger partial charge in [0, 0.05) is 0 Å². The highest BCUT2D eigenvalue weighted by Crippen LogP contribution is 2.12. The third-order valence-corrected chi connectivity index (χ3v) is 2.20. The second kappa shape index (κ2) is 6.25. The Morgan fingerprint density at radius 1 is 1.14 bits per heavy atom. The molecule has 0 aliphatic carbocycles. The van der Waals surface area contributed by atoms with Gasteiger partial charge in [-0.15, -0.1) is 0 Å². The molecule has 0 bridgehead atoms. The maximum absolute atomic E-state index is 5.87. The minimum Gasteiger partial charge on any atom is -1.00 e. The van der Waals surface area contributed by atoms with Crippen molar-refractivity contribution in [2.75, 3.05) is 40.9 Å². The first-order valence-electron chi connectivity index (χ1n) is 5.05. The van der Waals surface area contributed by atoms with E-state index in [2.05, 4.69) is 28.1 Å². The monoisotopic (exact) mass is 315 g/mol. The molecule has 0 unspecified atom stereocenters. The summed E-state index contributed by atoms with van der Waals surface area (Å²) in [6.45, 7) is 4.69. The second-order valence-electron chi connectivity index (χ2n) is 4.80. The predicted octanol–water partition coefficient (Wildman–Crippen LogP) is -2.11. The molecule has 0 aromatic carbocycles. The van der Waals surface area contributed by atoms with E-state index in [1.165, 1.54) is 0 Å². The van der Waals surface area contributed by atoms with Crippen molar-refractivity contribution in [2.24, 2.45) is 0 Å². The average molecular weight is 315 g/mol. The number of hydrogen-bond acceptors (Lipinski definition) is 2. The second-order valence-corrected chi connectivity index (χ2v) is 4.80. The van der Waals surface area contributed by atoms with Gasteiger partial charge in [0.2, 0.25) is 0 Å². The maximum Gasteiger partial charge on any atom is 0.130 e. The smallest absolute Gasteiger partial charge is 0.130 e. The zero-order chi connectivity index (χ0) is 9.90. The number of rotatable bonds is 3. The molecular formula is C10H22INO2. The van der Waals surface area contributed by atoms with E-state index in [9.17, 15) is 0 Å². The summed E-state index contributed by atoms with van der Waals surface area (Å²) in [5.74, 6) is 0. The van der Waals surface area contributed by atoms with Gasteiger partial charge in [-0.3, -0.25) is 0 Å². The van der Waals surface area contributed by atoms with Crippen molar-refractivity contribution in [3.05, 3.63) is 0 Å². The summed E-state index contributed by atoms with van der Waals surface area (Å²) in [5, 5.41) is 0. The summed E-state index contributed by atoms with van der Waals surface area (Å²) in [4.78, 5) is 0. The Morgan fingerprint density at radius 3 is 2.21 bits per heavy atom. The standard InChI is InChI=1S/C10H22NO2.HI/c1-5-9-7-12-8-10(13-9)6-11(2,3)4;/h9-10H,5-8H2,1-4H3;1H/q+1;/p-1/t9-,10-;/m1./s1. The largest absolute Gasteiger partial charge is 1.00 e. The van der Waals surface area contributed by atoms with Crippen LogP contribution in [0, 0.1) is 0 Å². The number of nitrogens with zero attached hydrogens (tertiary/aromatic N) is 1. The average Bonchev–Trinajstić information content (AvgIpc) is 2.01. The van der Waals surface area contributed by atoms with Crippen molar-refractivity contribution < 1.29 is 37.9 Å². The summed E-state index contributed by atoms with van der Waals surface area (Å²) < 4.78 is 12.3. The van der Waals surface area contributed by atoms with E-state index in [0.717, 1.165) is 30.7 Å². The zero-order valence-corrected chi connectivity index (χ0v) is 11.8. The first kappa shape index (κ1) is 14.6. The van der Waals surface area contributed by atoms with Crippen LogP contribution in [-0.2, 0) is 9.47 Å². The Labute approximate surface area is 104 Å². The number of halogens is 1. The molecule has 0 spiro atoms. The Hall–Kier alpha value is 0.610. The summed E-state index contributed by atoms with van der Waals surface area (Å²) >= 11 is 0. The van der Waals surface area contributed by atoms with Crippen LogP contribution in [0.5, 0.6) is 0 Å². The molecule has 1 rings (SSSR count). The van der Waals surface area contributed by atoms with E-state index < -0.39 is 0 Å². The number of hydrogen-bond donors (Lipinski definition) is 0. The molecule has 0 aromatic rings. The molecule has 1 aliphatic heterocycles. The van der Waals surface area contributed by atoms with Crippen LogP contribution < -0.4 is 24.0 Å². The fourth-order valence-corrected chi connectivity index (χ4v) is 1.60. The summed E-state index contributed by atoms with van der Waals surface area (Å²) in [5.41, 5.74) is 0. The van der Waals surface area contributed by atoms with E-state index in [-0.39, 0.29) is 30.1 Å². The molecule has 1 aliphatic rings. The predicted molar refractivity (Wildman–Crippen MR) is 52.7 cm³/mol. The van der Waals surface area contributed by atoms with Crippen molar-refractivity contribution in [3.63, 3.8) is 0 Å². The van der Waals surface area contributed by atoms with E-state index >= 15 is 0 Å². The van der Waals surface area contributed by atoms with Gasteiger partial charge < -0.3 is 37.9 Å². The molecule has 0 N–H and O–H groups in total. The van der Waals surface area contributed by atoms with E-state index in [4.69, 9.17) is 9.47 Å². The highest BCUT2D eigenvalue weighted by molar-refractivity contribution is 4.66. The number of likely N-dealkylation sites (N-methyl/N-ethyl adjacent to an activating group) is 1. The van der Waals surface area contributed by atoms with Crippen molar-refractivity contribution >= 4 is 0 Å². The third-order valence-electron chi connectivity index (χ3n) is 2.20. The third kappa shape index (κ3) is 5.48. The van der Waals surface area contributed by atoms with Crippen molar-refractivity contribution in [1.82, 2.24) is 0 Å². The van der Waals surface area contributed by atoms with Gasteiger partial charge in [0.05, 0.1) is 40.5 Å². The van der Waals surface area contributed by atoms with Crippen LogP contribution in [0.25, 0.3) is 0 Å². The van der Waals surface area contributed by atoms with Gasteiger partial charge in [-0.1, -0.05) is 6.92 Å². The fourth-order valence-electron chi connectivity index (χ4n) is 1.60. The van der Waals surface area contributed by atoms with Crippen LogP contribution in [0.1, 0.15) is 13.3 Å². The zero-order valence-electron chi connectivity index (χ0n) is 9.62. The Bertz CT molecular complexity index is 159. The SMILES string of the molecule is CC[C@@H]1COC[C@@H](C[N+](C)(C)C)O1.[I-]. The van der Waals surface area contributed by atoms with Crippen LogP contribution >= 0.6 is 0 Å². The molecule has 3 nitrogen and oxygen atoms in total. The van der Waals surface area contributed by atoms with Crippen LogP contribution in [0.2, 0.25) is 0 Å². The molecule has 86 valence electrons. The van der Waals surface area contributed by atoms with Gasteiger partial charge in [-0.2, -0.15) is 0 Å². The molecule has 0 saturated carbocycles. The highest BCUT2D eigenvalue weighted by atomic mass is 127. The lowest BCUT2D eigenvalue weighted by Crippen LogP contribution is -3.00. The van der Waals surface area contributed by atoms with Gasteiger partial charge in [-0.25, -0.2) is 0 Å². The maximum atomic E-state index is 5.87. The van der Waals surface area contributed by atoms with Crippen molar-refractivity contribution in [2.45, 2.75) is 25.6 Å². The van der Waals surface area contributed by atoms with Crippen LogP contribution in [0.15, 0.2) is 0 Å². The lowest BCUT2D eigenvalue weighted by atomic mass is 10.2. The molecule has 0 amide bonds. The molecular weight excluding hydrogens is 293 g/mol. The lowest BCUT2D eigenvalue weighted by Gasteiger charge is -2.34. The van der Waals surface area contributed by atoms with Crippen LogP contribution in [-0.4, -0.2) is 57.6 Å². The Kier molecular flexibility index (Phi) is 6.52. The lowest BCUT2D eigenvalue weighted by molar-refractivity contribution is -0.874. The molecule has 4 heteroatoms. The van der Waals surface area contributed by atoms with E-state index in [1.807, 2.05) is 0 Å². The van der Waals surface area contributed by atoms with Gasteiger partial charge in [-0.05, 0) is 6.42 Å². The van der Waals surface area contributed by atoms with Gasteiger partial charge in [0.15, 0.2) is 0 Å².